The highest BCUT2D eigenvalue weighted by atomic mass is 32.1. The molecule has 0 radical (unpaired) electrons. The summed E-state index contributed by atoms with van der Waals surface area (Å²) in [5.41, 5.74) is -0.672. The van der Waals surface area contributed by atoms with Gasteiger partial charge in [0.15, 0.2) is 0 Å². The van der Waals surface area contributed by atoms with Crippen LogP contribution in [0.15, 0.2) is 17.5 Å². The minimum Gasteiger partial charge on any atom is -0.388 e. The molecule has 0 aliphatic carbocycles. The van der Waals surface area contributed by atoms with Gasteiger partial charge in [-0.2, -0.15) is 0 Å². The summed E-state index contributed by atoms with van der Waals surface area (Å²) in [7, 11) is 2.07. The number of hydrogen-bond acceptors (Lipinski definition) is 4. The molecule has 2 N–H and O–H groups in total. The Hall–Kier alpha value is -0.420. The number of rotatable bonds is 8. The van der Waals surface area contributed by atoms with E-state index < -0.39 is 5.60 Å². The number of aliphatic hydroxyl groups is 1. The Morgan fingerprint density at radius 3 is 2.78 bits per heavy atom. The fraction of sp³-hybridized carbons (Fsp3) is 0.714. The predicted molar refractivity (Wildman–Crippen MR) is 79.3 cm³/mol. The highest BCUT2D eigenvalue weighted by Crippen LogP contribution is 2.11. The molecule has 104 valence electrons. The maximum atomic E-state index is 10.3. The normalized spacial score (nSPS) is 15.3. The van der Waals surface area contributed by atoms with Gasteiger partial charge >= 0.3 is 0 Å². The molecular formula is C14H26N2OS. The Morgan fingerprint density at radius 1 is 1.50 bits per heavy atom. The van der Waals surface area contributed by atoms with E-state index in [-0.39, 0.29) is 0 Å². The Balaban J connectivity index is 2.27. The lowest BCUT2D eigenvalue weighted by Crippen LogP contribution is -2.48. The summed E-state index contributed by atoms with van der Waals surface area (Å²) < 4.78 is 0. The van der Waals surface area contributed by atoms with E-state index in [1.54, 1.807) is 11.3 Å². The van der Waals surface area contributed by atoms with Crippen molar-refractivity contribution in [2.45, 2.75) is 38.8 Å². The Morgan fingerprint density at radius 2 is 2.22 bits per heavy atom. The van der Waals surface area contributed by atoms with Gasteiger partial charge in [0.05, 0.1) is 5.60 Å². The lowest BCUT2D eigenvalue weighted by atomic mass is 10.1. The van der Waals surface area contributed by atoms with E-state index in [0.29, 0.717) is 19.1 Å². The van der Waals surface area contributed by atoms with E-state index in [1.807, 2.05) is 6.92 Å². The zero-order chi connectivity index (χ0) is 13.6. The summed E-state index contributed by atoms with van der Waals surface area (Å²) in [6, 6.07) is 4.66. The van der Waals surface area contributed by atoms with Crippen LogP contribution in [-0.4, -0.2) is 48.3 Å². The van der Waals surface area contributed by atoms with Crippen LogP contribution in [0.2, 0.25) is 0 Å². The molecule has 0 bridgehead atoms. The molecule has 0 fully saturated rings. The lowest BCUT2D eigenvalue weighted by molar-refractivity contribution is 0.0262. The van der Waals surface area contributed by atoms with Crippen LogP contribution in [0.4, 0.5) is 0 Å². The van der Waals surface area contributed by atoms with E-state index in [4.69, 9.17) is 0 Å². The SMILES string of the molecule is CC(C)NCC(C)(O)CN(C)CCc1cccs1. The standard InChI is InChI=1S/C14H26N2OS/c1-12(2)15-10-14(3,17)11-16(4)8-7-13-6-5-9-18-13/h5-6,9,12,15,17H,7-8,10-11H2,1-4H3. The van der Waals surface area contributed by atoms with Gasteiger partial charge in [0.1, 0.15) is 0 Å². The molecule has 1 heterocycles. The summed E-state index contributed by atoms with van der Waals surface area (Å²) in [4.78, 5) is 3.60. The molecule has 1 aromatic heterocycles. The van der Waals surface area contributed by atoms with Crippen LogP contribution in [0.1, 0.15) is 25.6 Å². The van der Waals surface area contributed by atoms with Crippen LogP contribution in [-0.2, 0) is 6.42 Å². The van der Waals surface area contributed by atoms with Gasteiger partial charge in [0, 0.05) is 30.6 Å². The van der Waals surface area contributed by atoms with Crippen LogP contribution >= 0.6 is 11.3 Å². The van der Waals surface area contributed by atoms with Gasteiger partial charge in [-0.25, -0.2) is 0 Å². The molecule has 3 nitrogen and oxygen atoms in total. The first-order valence-electron chi connectivity index (χ1n) is 6.56. The van der Waals surface area contributed by atoms with Crippen molar-refractivity contribution in [3.05, 3.63) is 22.4 Å². The van der Waals surface area contributed by atoms with E-state index in [9.17, 15) is 5.11 Å². The summed E-state index contributed by atoms with van der Waals surface area (Å²) >= 11 is 1.80. The third-order valence-electron chi connectivity index (χ3n) is 2.82. The first-order chi connectivity index (χ1) is 8.39. The topological polar surface area (TPSA) is 35.5 Å². The Bertz CT molecular complexity index is 323. The van der Waals surface area contributed by atoms with Crippen molar-refractivity contribution in [3.8, 4) is 0 Å². The first-order valence-corrected chi connectivity index (χ1v) is 7.44. The van der Waals surface area contributed by atoms with Gasteiger partial charge in [-0.15, -0.1) is 11.3 Å². The number of likely N-dealkylation sites (N-methyl/N-ethyl adjacent to an activating group) is 1. The fourth-order valence-corrected chi connectivity index (χ4v) is 2.59. The monoisotopic (exact) mass is 270 g/mol. The average Bonchev–Trinajstić information content (AvgIpc) is 2.76. The number of hydrogen-bond donors (Lipinski definition) is 2. The van der Waals surface area contributed by atoms with Crippen molar-refractivity contribution in [1.82, 2.24) is 10.2 Å². The second kappa shape index (κ2) is 7.24. The summed E-state index contributed by atoms with van der Waals surface area (Å²) in [5.74, 6) is 0. The van der Waals surface area contributed by atoms with E-state index in [1.165, 1.54) is 4.88 Å². The molecule has 0 saturated carbocycles. The quantitative estimate of drug-likeness (QED) is 0.758. The molecule has 0 aromatic carbocycles. The number of nitrogens with one attached hydrogen (secondary N) is 1. The molecule has 0 aliphatic heterocycles. The van der Waals surface area contributed by atoms with Crippen molar-refractivity contribution >= 4 is 11.3 Å². The van der Waals surface area contributed by atoms with Crippen LogP contribution in [0, 0.1) is 0 Å². The zero-order valence-corrected chi connectivity index (χ0v) is 12.8. The molecule has 0 spiro atoms. The molecule has 1 aromatic rings. The molecule has 4 heteroatoms. The molecule has 1 atom stereocenters. The molecule has 0 aliphatic rings. The minimum atomic E-state index is -0.672. The third kappa shape index (κ3) is 6.50. The Labute approximate surface area is 115 Å². The van der Waals surface area contributed by atoms with Gasteiger partial charge in [-0.1, -0.05) is 19.9 Å². The maximum absolute atomic E-state index is 10.3. The second-order valence-electron chi connectivity index (χ2n) is 5.60. The van der Waals surface area contributed by atoms with Gasteiger partial charge < -0.3 is 15.3 Å². The molecular weight excluding hydrogens is 244 g/mol. The van der Waals surface area contributed by atoms with E-state index in [0.717, 1.165) is 13.0 Å². The summed E-state index contributed by atoms with van der Waals surface area (Å²) in [6.07, 6.45) is 1.06. The van der Waals surface area contributed by atoms with Crippen molar-refractivity contribution in [3.63, 3.8) is 0 Å². The summed E-state index contributed by atoms with van der Waals surface area (Å²) in [5, 5.41) is 15.7. The van der Waals surface area contributed by atoms with Crippen molar-refractivity contribution in [2.75, 3.05) is 26.7 Å². The molecule has 0 amide bonds. The Kier molecular flexibility index (Phi) is 6.29. The summed E-state index contributed by atoms with van der Waals surface area (Å²) in [6.45, 7) is 8.39. The van der Waals surface area contributed by atoms with Gasteiger partial charge in [0.2, 0.25) is 0 Å². The smallest absolute Gasteiger partial charge is 0.0869 e. The average molecular weight is 270 g/mol. The highest BCUT2D eigenvalue weighted by Gasteiger charge is 2.22. The second-order valence-corrected chi connectivity index (χ2v) is 6.63. The van der Waals surface area contributed by atoms with Crippen molar-refractivity contribution < 1.29 is 5.11 Å². The lowest BCUT2D eigenvalue weighted by Gasteiger charge is -2.30. The van der Waals surface area contributed by atoms with Crippen LogP contribution < -0.4 is 5.32 Å². The largest absolute Gasteiger partial charge is 0.388 e. The van der Waals surface area contributed by atoms with E-state index in [2.05, 4.69) is 48.6 Å². The van der Waals surface area contributed by atoms with Crippen LogP contribution in [0.25, 0.3) is 0 Å². The first kappa shape index (κ1) is 15.6. The minimum absolute atomic E-state index is 0.410. The van der Waals surface area contributed by atoms with E-state index >= 15 is 0 Å². The van der Waals surface area contributed by atoms with Crippen LogP contribution in [0.3, 0.4) is 0 Å². The van der Waals surface area contributed by atoms with Crippen molar-refractivity contribution in [2.24, 2.45) is 0 Å². The highest BCUT2D eigenvalue weighted by molar-refractivity contribution is 7.09. The molecule has 18 heavy (non-hydrogen) atoms. The molecule has 1 unspecified atom stereocenters. The fourth-order valence-electron chi connectivity index (χ4n) is 1.90. The molecule has 0 saturated heterocycles. The predicted octanol–water partition coefficient (Wildman–Crippen LogP) is 1.97. The van der Waals surface area contributed by atoms with Gasteiger partial charge in [-0.05, 0) is 31.8 Å². The van der Waals surface area contributed by atoms with Gasteiger partial charge in [0.25, 0.3) is 0 Å². The third-order valence-corrected chi connectivity index (χ3v) is 3.76. The van der Waals surface area contributed by atoms with Crippen LogP contribution in [0.5, 0.6) is 0 Å². The van der Waals surface area contributed by atoms with Crippen molar-refractivity contribution in [1.29, 1.82) is 0 Å². The maximum Gasteiger partial charge on any atom is 0.0869 e. The number of thiophene rings is 1. The molecule has 1 rings (SSSR count). The number of nitrogens with zero attached hydrogens (tertiary/aromatic N) is 1. The zero-order valence-electron chi connectivity index (χ0n) is 11.9. The van der Waals surface area contributed by atoms with Gasteiger partial charge in [-0.3, -0.25) is 0 Å².